The van der Waals surface area contributed by atoms with Gasteiger partial charge >= 0.3 is 0 Å². The molecule has 2 aromatic carbocycles. The van der Waals surface area contributed by atoms with E-state index in [1.165, 1.54) is 23.1 Å². The molecule has 2 aromatic rings. The molecule has 2 aliphatic rings. The van der Waals surface area contributed by atoms with E-state index in [1.54, 1.807) is 0 Å². The normalized spacial score (nSPS) is 19.9. The Morgan fingerprint density at radius 1 is 1.05 bits per heavy atom. The Kier molecular flexibility index (Phi) is 3.00. The molecule has 1 aliphatic heterocycles. The van der Waals surface area contributed by atoms with Gasteiger partial charge in [0.2, 0.25) is 5.91 Å². The average molecular weight is 298 g/mol. The summed E-state index contributed by atoms with van der Waals surface area (Å²) in [5.74, 6) is 0.154. The predicted molar refractivity (Wildman–Crippen MR) is 85.0 cm³/mol. The molecule has 0 saturated heterocycles. The second-order valence-corrected chi connectivity index (χ2v) is 6.25. The number of rotatable bonds is 1. The highest BCUT2D eigenvalue weighted by Crippen LogP contribution is 2.43. The maximum atomic E-state index is 12.2. The second-order valence-electron chi connectivity index (χ2n) is 5.85. The van der Waals surface area contributed by atoms with Crippen LogP contribution in [0.4, 0.5) is 5.69 Å². The van der Waals surface area contributed by atoms with E-state index >= 15 is 0 Å². The smallest absolute Gasteiger partial charge is 0.225 e. The van der Waals surface area contributed by atoms with Gasteiger partial charge < -0.3 is 5.32 Å². The molecule has 3 heteroatoms. The number of halogens is 1. The molecule has 0 bridgehead atoms. The molecule has 1 amide bonds. The monoisotopic (exact) mass is 297 g/mol. The molecule has 106 valence electrons. The van der Waals surface area contributed by atoms with Crippen molar-refractivity contribution in [2.24, 2.45) is 0 Å². The van der Waals surface area contributed by atoms with Crippen LogP contribution in [0, 0.1) is 0 Å². The lowest BCUT2D eigenvalue weighted by atomic mass is 9.83. The molecule has 4 rings (SSSR count). The van der Waals surface area contributed by atoms with Gasteiger partial charge in [-0.2, -0.15) is 0 Å². The summed E-state index contributed by atoms with van der Waals surface area (Å²) in [6, 6.07) is 12.2. The lowest BCUT2D eigenvalue weighted by Crippen LogP contribution is -2.24. The van der Waals surface area contributed by atoms with Crippen LogP contribution in [0.5, 0.6) is 0 Å². The molecule has 21 heavy (non-hydrogen) atoms. The molecular weight excluding hydrogens is 282 g/mol. The van der Waals surface area contributed by atoms with Crippen LogP contribution in [0.15, 0.2) is 36.4 Å². The SMILES string of the molecule is O=C1CC(c2ccccc2Cl)c2ccc3c(c2N1)CCC3. The number of nitrogens with one attached hydrogen (secondary N) is 1. The molecule has 1 N–H and O–H groups in total. The first kappa shape index (κ1) is 12.9. The Bertz CT molecular complexity index is 738. The van der Waals surface area contributed by atoms with Crippen LogP contribution in [0.2, 0.25) is 5.02 Å². The van der Waals surface area contributed by atoms with Gasteiger partial charge in [-0.25, -0.2) is 0 Å². The van der Waals surface area contributed by atoms with E-state index in [1.807, 2.05) is 24.3 Å². The predicted octanol–water partition coefficient (Wildman–Crippen LogP) is 4.30. The van der Waals surface area contributed by atoms with Crippen molar-refractivity contribution in [3.8, 4) is 0 Å². The van der Waals surface area contributed by atoms with Gasteiger partial charge in [0.05, 0.1) is 0 Å². The van der Waals surface area contributed by atoms with Crippen LogP contribution in [0.1, 0.15) is 41.0 Å². The van der Waals surface area contributed by atoms with E-state index < -0.39 is 0 Å². The Morgan fingerprint density at radius 3 is 2.76 bits per heavy atom. The van der Waals surface area contributed by atoms with Crippen molar-refractivity contribution in [2.75, 3.05) is 5.32 Å². The first-order chi connectivity index (χ1) is 10.2. The molecule has 0 aromatic heterocycles. The maximum Gasteiger partial charge on any atom is 0.225 e. The molecular formula is C18H16ClNO. The summed E-state index contributed by atoms with van der Waals surface area (Å²) in [7, 11) is 0. The number of carbonyl (C=O) groups excluding carboxylic acids is 1. The summed E-state index contributed by atoms with van der Waals surface area (Å²) in [5, 5.41) is 3.84. The zero-order chi connectivity index (χ0) is 14.4. The highest BCUT2D eigenvalue weighted by molar-refractivity contribution is 6.31. The van der Waals surface area contributed by atoms with E-state index in [9.17, 15) is 4.79 Å². The van der Waals surface area contributed by atoms with Gasteiger partial charge in [-0.15, -0.1) is 0 Å². The van der Waals surface area contributed by atoms with Gasteiger partial charge in [0.25, 0.3) is 0 Å². The van der Waals surface area contributed by atoms with Crippen molar-refractivity contribution in [3.63, 3.8) is 0 Å². The molecule has 1 aliphatic carbocycles. The van der Waals surface area contributed by atoms with Crippen LogP contribution < -0.4 is 5.32 Å². The van der Waals surface area contributed by atoms with Crippen LogP contribution in [-0.4, -0.2) is 5.91 Å². The van der Waals surface area contributed by atoms with Gasteiger partial charge in [0, 0.05) is 23.0 Å². The quantitative estimate of drug-likeness (QED) is 0.835. The highest BCUT2D eigenvalue weighted by Gasteiger charge is 2.31. The van der Waals surface area contributed by atoms with E-state index in [4.69, 9.17) is 11.6 Å². The first-order valence-corrected chi connectivity index (χ1v) is 7.81. The van der Waals surface area contributed by atoms with Crippen molar-refractivity contribution in [2.45, 2.75) is 31.6 Å². The molecule has 1 atom stereocenters. The Hall–Kier alpha value is -1.80. The summed E-state index contributed by atoms with van der Waals surface area (Å²) in [5.41, 5.74) is 6.02. The molecule has 1 unspecified atom stereocenters. The third kappa shape index (κ3) is 2.06. The fourth-order valence-corrected chi connectivity index (χ4v) is 3.91. The Labute approximate surface area is 129 Å². The van der Waals surface area contributed by atoms with E-state index in [0.717, 1.165) is 29.1 Å². The highest BCUT2D eigenvalue weighted by atomic mass is 35.5. The van der Waals surface area contributed by atoms with Crippen molar-refractivity contribution >= 4 is 23.2 Å². The van der Waals surface area contributed by atoms with E-state index in [0.29, 0.717) is 6.42 Å². The van der Waals surface area contributed by atoms with Crippen LogP contribution in [-0.2, 0) is 17.6 Å². The zero-order valence-electron chi connectivity index (χ0n) is 11.7. The van der Waals surface area contributed by atoms with Gasteiger partial charge in [-0.3, -0.25) is 4.79 Å². The fourth-order valence-electron chi connectivity index (χ4n) is 3.64. The second kappa shape index (κ2) is 4.88. The molecule has 2 nitrogen and oxygen atoms in total. The Morgan fingerprint density at radius 2 is 1.90 bits per heavy atom. The molecule has 1 heterocycles. The number of aryl methyl sites for hydroxylation is 1. The molecule has 0 radical (unpaired) electrons. The summed E-state index contributed by atoms with van der Waals surface area (Å²) in [4.78, 5) is 12.2. The number of fused-ring (bicyclic) bond motifs is 3. The minimum absolute atomic E-state index is 0.0633. The van der Waals surface area contributed by atoms with Crippen LogP contribution in [0.3, 0.4) is 0 Å². The standard InChI is InChI=1S/C18H16ClNO/c19-16-7-2-1-5-13(16)15-10-17(21)20-18-12-6-3-4-11(12)8-9-14(15)18/h1-2,5,7-9,15H,3-4,6,10H2,(H,20,21). The average Bonchev–Trinajstić information content (AvgIpc) is 2.96. The number of hydrogen-bond donors (Lipinski definition) is 1. The third-order valence-electron chi connectivity index (χ3n) is 4.63. The van der Waals surface area contributed by atoms with E-state index in [-0.39, 0.29) is 11.8 Å². The maximum absolute atomic E-state index is 12.2. The zero-order valence-corrected chi connectivity index (χ0v) is 12.4. The first-order valence-electron chi connectivity index (χ1n) is 7.43. The molecule has 0 fully saturated rings. The third-order valence-corrected chi connectivity index (χ3v) is 4.97. The number of carbonyl (C=O) groups is 1. The van der Waals surface area contributed by atoms with Crippen LogP contribution in [0.25, 0.3) is 0 Å². The van der Waals surface area contributed by atoms with E-state index in [2.05, 4.69) is 17.4 Å². The summed E-state index contributed by atoms with van der Waals surface area (Å²) in [6.45, 7) is 0. The minimum atomic E-state index is 0.0633. The fraction of sp³-hybridized carbons (Fsp3) is 0.278. The number of anilines is 1. The largest absolute Gasteiger partial charge is 0.326 e. The van der Waals surface area contributed by atoms with Gasteiger partial charge in [0.15, 0.2) is 0 Å². The van der Waals surface area contributed by atoms with Crippen LogP contribution >= 0.6 is 11.6 Å². The number of benzene rings is 2. The minimum Gasteiger partial charge on any atom is -0.326 e. The lowest BCUT2D eigenvalue weighted by molar-refractivity contribution is -0.116. The van der Waals surface area contributed by atoms with Gasteiger partial charge in [-0.1, -0.05) is 41.9 Å². The van der Waals surface area contributed by atoms with Crippen molar-refractivity contribution in [3.05, 3.63) is 63.7 Å². The molecule has 0 saturated carbocycles. The summed E-state index contributed by atoms with van der Waals surface area (Å²) < 4.78 is 0. The summed E-state index contributed by atoms with van der Waals surface area (Å²) in [6.07, 6.45) is 3.83. The number of hydrogen-bond acceptors (Lipinski definition) is 1. The summed E-state index contributed by atoms with van der Waals surface area (Å²) >= 11 is 6.36. The van der Waals surface area contributed by atoms with Gasteiger partial charge in [0.1, 0.15) is 0 Å². The van der Waals surface area contributed by atoms with Crippen molar-refractivity contribution < 1.29 is 4.79 Å². The van der Waals surface area contributed by atoms with Gasteiger partial charge in [-0.05, 0) is 47.6 Å². The van der Waals surface area contributed by atoms with Crippen molar-refractivity contribution in [1.29, 1.82) is 0 Å². The lowest BCUT2D eigenvalue weighted by Gasteiger charge is -2.28. The molecule has 0 spiro atoms. The topological polar surface area (TPSA) is 29.1 Å². The Balaban J connectivity index is 1.90. The van der Waals surface area contributed by atoms with Crippen molar-refractivity contribution in [1.82, 2.24) is 0 Å². The number of amides is 1.